The molecule has 1 aromatic rings. The second-order valence-electron chi connectivity index (χ2n) is 4.39. The van der Waals surface area contributed by atoms with E-state index in [0.717, 1.165) is 25.0 Å². The molecule has 0 aromatic heterocycles. The van der Waals surface area contributed by atoms with E-state index >= 15 is 0 Å². The van der Waals surface area contributed by atoms with Gasteiger partial charge in [-0.1, -0.05) is 13.8 Å². The lowest BCUT2D eigenvalue weighted by Crippen LogP contribution is -2.42. The summed E-state index contributed by atoms with van der Waals surface area (Å²) in [6, 6.07) is 3.26. The molecule has 0 saturated carbocycles. The predicted molar refractivity (Wildman–Crippen MR) is 70.8 cm³/mol. The number of amides is 1. The fraction of sp³-hybridized carbons (Fsp3) is 0.500. The minimum Gasteiger partial charge on any atom is -0.334 e. The molecule has 106 valence electrons. The van der Waals surface area contributed by atoms with Crippen LogP contribution in [0.2, 0.25) is 0 Å². The van der Waals surface area contributed by atoms with E-state index in [0.29, 0.717) is 13.1 Å². The Balaban J connectivity index is 3.01. The molecule has 5 heteroatoms. The Kier molecular flexibility index (Phi) is 5.89. The maximum atomic E-state index is 13.2. The van der Waals surface area contributed by atoms with Crippen molar-refractivity contribution >= 4 is 5.91 Å². The number of benzene rings is 1. The topological polar surface area (TPSA) is 46.3 Å². The first-order valence-electron chi connectivity index (χ1n) is 6.51. The molecule has 0 saturated heterocycles. The molecule has 0 aliphatic heterocycles. The molecular formula is C14H20F2N2O. The van der Waals surface area contributed by atoms with E-state index in [1.165, 1.54) is 6.07 Å². The molecule has 1 amide bonds. The standard InChI is InChI=1S/C14H20F2N2O/c1-3-11(4-2)18(8-7-17)14(19)10-5-6-12(15)13(16)9-10/h5-6,9,11H,3-4,7-8,17H2,1-2H3. The molecule has 1 rings (SSSR count). The van der Waals surface area contributed by atoms with Crippen LogP contribution in [0.25, 0.3) is 0 Å². The summed E-state index contributed by atoms with van der Waals surface area (Å²) in [7, 11) is 0. The van der Waals surface area contributed by atoms with Gasteiger partial charge in [0.1, 0.15) is 0 Å². The Morgan fingerprint density at radius 2 is 1.89 bits per heavy atom. The van der Waals surface area contributed by atoms with Crippen LogP contribution in [-0.4, -0.2) is 29.9 Å². The van der Waals surface area contributed by atoms with Gasteiger partial charge in [0.05, 0.1) is 0 Å². The van der Waals surface area contributed by atoms with Crippen LogP contribution >= 0.6 is 0 Å². The fourth-order valence-electron chi connectivity index (χ4n) is 2.11. The van der Waals surface area contributed by atoms with Crippen molar-refractivity contribution in [3.05, 3.63) is 35.4 Å². The van der Waals surface area contributed by atoms with Gasteiger partial charge in [-0.2, -0.15) is 0 Å². The molecule has 0 spiro atoms. The SMILES string of the molecule is CCC(CC)N(CCN)C(=O)c1ccc(F)c(F)c1. The Morgan fingerprint density at radius 1 is 1.26 bits per heavy atom. The van der Waals surface area contributed by atoms with E-state index in [-0.39, 0.29) is 17.5 Å². The van der Waals surface area contributed by atoms with E-state index in [9.17, 15) is 13.6 Å². The zero-order chi connectivity index (χ0) is 14.4. The summed E-state index contributed by atoms with van der Waals surface area (Å²) in [4.78, 5) is 14.0. The quantitative estimate of drug-likeness (QED) is 0.863. The summed E-state index contributed by atoms with van der Waals surface area (Å²) in [6.45, 7) is 4.71. The van der Waals surface area contributed by atoms with Crippen LogP contribution in [0.5, 0.6) is 0 Å². The average molecular weight is 270 g/mol. The number of carbonyl (C=O) groups is 1. The maximum absolute atomic E-state index is 13.2. The molecule has 0 radical (unpaired) electrons. The van der Waals surface area contributed by atoms with Crippen molar-refractivity contribution in [2.75, 3.05) is 13.1 Å². The molecule has 0 aliphatic rings. The lowest BCUT2D eigenvalue weighted by atomic mass is 10.1. The van der Waals surface area contributed by atoms with E-state index < -0.39 is 11.6 Å². The highest BCUT2D eigenvalue weighted by Crippen LogP contribution is 2.15. The van der Waals surface area contributed by atoms with Crippen LogP contribution in [0.1, 0.15) is 37.0 Å². The van der Waals surface area contributed by atoms with Crippen LogP contribution in [0.3, 0.4) is 0 Å². The molecule has 19 heavy (non-hydrogen) atoms. The van der Waals surface area contributed by atoms with Crippen molar-refractivity contribution in [1.82, 2.24) is 4.90 Å². The van der Waals surface area contributed by atoms with Gasteiger partial charge in [-0.05, 0) is 31.0 Å². The van der Waals surface area contributed by atoms with Crippen LogP contribution in [-0.2, 0) is 0 Å². The lowest BCUT2D eigenvalue weighted by Gasteiger charge is -2.30. The highest BCUT2D eigenvalue weighted by molar-refractivity contribution is 5.94. The van der Waals surface area contributed by atoms with Crippen molar-refractivity contribution in [3.8, 4) is 0 Å². The summed E-state index contributed by atoms with van der Waals surface area (Å²) in [5.41, 5.74) is 5.67. The van der Waals surface area contributed by atoms with Gasteiger partial charge in [0.25, 0.3) is 5.91 Å². The summed E-state index contributed by atoms with van der Waals surface area (Å²) in [5.74, 6) is -2.27. The molecule has 0 bridgehead atoms. The lowest BCUT2D eigenvalue weighted by molar-refractivity contribution is 0.0673. The Hall–Kier alpha value is -1.49. The van der Waals surface area contributed by atoms with E-state index in [4.69, 9.17) is 5.73 Å². The third kappa shape index (κ3) is 3.73. The number of rotatable bonds is 6. The van der Waals surface area contributed by atoms with Gasteiger partial charge in [-0.3, -0.25) is 4.79 Å². The van der Waals surface area contributed by atoms with Crippen LogP contribution < -0.4 is 5.73 Å². The van der Waals surface area contributed by atoms with E-state index in [2.05, 4.69) is 0 Å². The van der Waals surface area contributed by atoms with E-state index in [1.54, 1.807) is 4.90 Å². The molecule has 1 aromatic carbocycles. The van der Waals surface area contributed by atoms with Gasteiger partial charge in [0.2, 0.25) is 0 Å². The zero-order valence-electron chi connectivity index (χ0n) is 11.3. The monoisotopic (exact) mass is 270 g/mol. The number of nitrogens with zero attached hydrogens (tertiary/aromatic N) is 1. The van der Waals surface area contributed by atoms with Gasteiger partial charge >= 0.3 is 0 Å². The largest absolute Gasteiger partial charge is 0.334 e. The number of halogens is 2. The van der Waals surface area contributed by atoms with Crippen molar-refractivity contribution in [3.63, 3.8) is 0 Å². The number of hydrogen-bond donors (Lipinski definition) is 1. The van der Waals surface area contributed by atoms with Crippen LogP contribution in [0, 0.1) is 11.6 Å². The van der Waals surface area contributed by atoms with Gasteiger partial charge in [-0.15, -0.1) is 0 Å². The Bertz CT molecular complexity index is 433. The van der Waals surface area contributed by atoms with Crippen molar-refractivity contribution in [2.24, 2.45) is 5.73 Å². The molecule has 0 aliphatic carbocycles. The third-order valence-corrected chi connectivity index (χ3v) is 3.18. The minimum atomic E-state index is -1.01. The average Bonchev–Trinajstić information content (AvgIpc) is 2.41. The number of nitrogens with two attached hydrogens (primary N) is 1. The molecular weight excluding hydrogens is 250 g/mol. The fourth-order valence-corrected chi connectivity index (χ4v) is 2.11. The minimum absolute atomic E-state index is 0.0594. The van der Waals surface area contributed by atoms with Gasteiger partial charge < -0.3 is 10.6 Å². The van der Waals surface area contributed by atoms with Crippen LogP contribution in [0.15, 0.2) is 18.2 Å². The van der Waals surface area contributed by atoms with Crippen LogP contribution in [0.4, 0.5) is 8.78 Å². The third-order valence-electron chi connectivity index (χ3n) is 3.18. The highest BCUT2D eigenvalue weighted by Gasteiger charge is 2.22. The Labute approximate surface area is 112 Å². The molecule has 0 fully saturated rings. The number of carbonyl (C=O) groups excluding carboxylic acids is 1. The predicted octanol–water partition coefficient (Wildman–Crippen LogP) is 2.55. The van der Waals surface area contributed by atoms with Crippen molar-refractivity contribution in [1.29, 1.82) is 0 Å². The summed E-state index contributed by atoms with van der Waals surface area (Å²) < 4.78 is 26.1. The molecule has 0 heterocycles. The van der Waals surface area contributed by atoms with Gasteiger partial charge in [-0.25, -0.2) is 8.78 Å². The number of hydrogen-bond acceptors (Lipinski definition) is 2. The summed E-state index contributed by atoms with van der Waals surface area (Å²) in [5, 5.41) is 0. The molecule has 0 unspecified atom stereocenters. The second kappa shape index (κ2) is 7.19. The van der Waals surface area contributed by atoms with Gasteiger partial charge in [0.15, 0.2) is 11.6 Å². The van der Waals surface area contributed by atoms with Crippen molar-refractivity contribution < 1.29 is 13.6 Å². The zero-order valence-corrected chi connectivity index (χ0v) is 11.3. The van der Waals surface area contributed by atoms with E-state index in [1.807, 2.05) is 13.8 Å². The summed E-state index contributed by atoms with van der Waals surface area (Å²) >= 11 is 0. The smallest absolute Gasteiger partial charge is 0.254 e. The normalized spacial score (nSPS) is 10.8. The first-order valence-corrected chi connectivity index (χ1v) is 6.51. The molecule has 0 atom stereocenters. The van der Waals surface area contributed by atoms with Gasteiger partial charge in [0, 0.05) is 24.7 Å². The Morgan fingerprint density at radius 3 is 2.37 bits per heavy atom. The second-order valence-corrected chi connectivity index (χ2v) is 4.39. The molecule has 2 N–H and O–H groups in total. The first-order chi connectivity index (χ1) is 9.04. The first kappa shape index (κ1) is 15.6. The highest BCUT2D eigenvalue weighted by atomic mass is 19.2. The molecule has 3 nitrogen and oxygen atoms in total. The maximum Gasteiger partial charge on any atom is 0.254 e. The van der Waals surface area contributed by atoms with Crippen molar-refractivity contribution in [2.45, 2.75) is 32.7 Å². The summed E-state index contributed by atoms with van der Waals surface area (Å²) in [6.07, 6.45) is 1.60.